The van der Waals surface area contributed by atoms with E-state index in [1.54, 1.807) is 0 Å². The molecule has 0 aromatic carbocycles. The maximum absolute atomic E-state index is 13.7. The highest BCUT2D eigenvalue weighted by atomic mass is 19.3. The average molecular weight is 254 g/mol. The fourth-order valence-electron chi connectivity index (χ4n) is 2.40. The molecule has 18 heavy (non-hydrogen) atoms. The number of hydrogen-bond donors (Lipinski definition) is 0. The molecule has 100 valence electrons. The van der Waals surface area contributed by atoms with Gasteiger partial charge in [0.25, 0.3) is 5.92 Å². The lowest BCUT2D eigenvalue weighted by atomic mass is 9.93. The van der Waals surface area contributed by atoms with Crippen LogP contribution in [-0.2, 0) is 18.9 Å². The van der Waals surface area contributed by atoms with Crippen molar-refractivity contribution >= 4 is 0 Å². The minimum Gasteiger partial charge on any atom is -0.300 e. The lowest BCUT2D eigenvalue weighted by Crippen LogP contribution is -2.29. The molecule has 2 rings (SSSR count). The van der Waals surface area contributed by atoms with Gasteiger partial charge in [0.15, 0.2) is 0 Å². The van der Waals surface area contributed by atoms with Crippen molar-refractivity contribution in [2.75, 3.05) is 13.6 Å². The molecular weight excluding hydrogens is 234 g/mol. The van der Waals surface area contributed by atoms with Crippen molar-refractivity contribution < 1.29 is 8.78 Å². The van der Waals surface area contributed by atoms with Gasteiger partial charge in [0.05, 0.1) is 5.69 Å². The van der Waals surface area contributed by atoms with Crippen molar-refractivity contribution in [1.82, 2.24) is 9.88 Å². The van der Waals surface area contributed by atoms with Gasteiger partial charge in [-0.2, -0.15) is 8.78 Å². The number of likely N-dealkylation sites (N-methyl/N-ethyl adjacent to an activating group) is 1. The highest BCUT2D eigenvalue weighted by Gasteiger charge is 2.32. The molecule has 2 nitrogen and oxygen atoms in total. The van der Waals surface area contributed by atoms with E-state index < -0.39 is 5.92 Å². The highest BCUT2D eigenvalue weighted by Crippen LogP contribution is 2.34. The molecule has 0 aliphatic carbocycles. The van der Waals surface area contributed by atoms with Gasteiger partial charge in [-0.25, -0.2) is 4.98 Å². The smallest absolute Gasteiger partial charge is 0.287 e. The number of pyridine rings is 1. The molecule has 0 N–H and O–H groups in total. The molecule has 1 aromatic heterocycles. The number of halogens is 2. The molecule has 0 saturated carbocycles. The third kappa shape index (κ3) is 2.53. The summed E-state index contributed by atoms with van der Waals surface area (Å²) in [6.07, 6.45) is 0.897. The van der Waals surface area contributed by atoms with E-state index in [-0.39, 0.29) is 11.6 Å². The van der Waals surface area contributed by atoms with E-state index in [1.807, 2.05) is 27.0 Å². The molecule has 4 heteroatoms. The SMILES string of the molecule is CC(C)c1cc2c(nc1C(C)(F)F)CN(C)CC2. The van der Waals surface area contributed by atoms with Crippen molar-refractivity contribution in [2.24, 2.45) is 0 Å². The van der Waals surface area contributed by atoms with Crippen LogP contribution in [0.1, 0.15) is 49.2 Å². The minimum atomic E-state index is -2.87. The Morgan fingerprint density at radius 1 is 1.39 bits per heavy atom. The second kappa shape index (κ2) is 4.57. The normalized spacial score (nSPS) is 17.1. The average Bonchev–Trinajstić information content (AvgIpc) is 2.25. The summed E-state index contributed by atoms with van der Waals surface area (Å²) in [5.74, 6) is -2.80. The van der Waals surface area contributed by atoms with Crippen LogP contribution < -0.4 is 0 Å². The van der Waals surface area contributed by atoms with E-state index in [2.05, 4.69) is 9.88 Å². The van der Waals surface area contributed by atoms with Crippen LogP contribution in [0.4, 0.5) is 8.78 Å². The van der Waals surface area contributed by atoms with E-state index in [9.17, 15) is 8.78 Å². The Balaban J connectivity index is 2.54. The maximum Gasteiger partial charge on any atom is 0.287 e. The molecule has 0 amide bonds. The zero-order chi connectivity index (χ0) is 13.5. The van der Waals surface area contributed by atoms with Crippen LogP contribution in [-0.4, -0.2) is 23.5 Å². The molecule has 1 aromatic rings. The first-order chi connectivity index (χ1) is 8.29. The van der Waals surface area contributed by atoms with Gasteiger partial charge in [0.1, 0.15) is 5.69 Å². The minimum absolute atomic E-state index is 0.0495. The van der Waals surface area contributed by atoms with Gasteiger partial charge in [0, 0.05) is 20.0 Å². The Labute approximate surface area is 107 Å². The van der Waals surface area contributed by atoms with Crippen LogP contribution in [0, 0.1) is 0 Å². The van der Waals surface area contributed by atoms with Crippen molar-refractivity contribution in [2.45, 2.75) is 45.6 Å². The van der Waals surface area contributed by atoms with E-state index in [0.29, 0.717) is 12.1 Å². The summed E-state index contributed by atoms with van der Waals surface area (Å²) in [6.45, 7) is 6.44. The summed E-state index contributed by atoms with van der Waals surface area (Å²) in [5.41, 5.74) is 2.58. The van der Waals surface area contributed by atoms with Crippen molar-refractivity contribution in [3.63, 3.8) is 0 Å². The van der Waals surface area contributed by atoms with Crippen LogP contribution in [0.15, 0.2) is 6.07 Å². The monoisotopic (exact) mass is 254 g/mol. The predicted molar refractivity (Wildman–Crippen MR) is 67.9 cm³/mol. The number of alkyl halides is 2. The first kappa shape index (κ1) is 13.4. The number of fused-ring (bicyclic) bond motifs is 1. The quantitative estimate of drug-likeness (QED) is 0.805. The number of aromatic nitrogens is 1. The van der Waals surface area contributed by atoms with Gasteiger partial charge in [-0.1, -0.05) is 19.9 Å². The van der Waals surface area contributed by atoms with Gasteiger partial charge in [-0.15, -0.1) is 0 Å². The molecule has 1 aliphatic heterocycles. The van der Waals surface area contributed by atoms with Crippen LogP contribution >= 0.6 is 0 Å². The molecule has 2 heterocycles. The standard InChI is InChI=1S/C14H20F2N2/c1-9(2)11-7-10-5-6-18(4)8-12(10)17-13(11)14(3,15)16/h7,9H,5-6,8H2,1-4H3. The fraction of sp³-hybridized carbons (Fsp3) is 0.643. The lowest BCUT2D eigenvalue weighted by Gasteiger charge is -2.27. The Kier molecular flexibility index (Phi) is 3.41. The molecule has 0 saturated heterocycles. The first-order valence-electron chi connectivity index (χ1n) is 6.38. The van der Waals surface area contributed by atoms with E-state index >= 15 is 0 Å². The van der Waals surface area contributed by atoms with Gasteiger partial charge in [0.2, 0.25) is 0 Å². The highest BCUT2D eigenvalue weighted by molar-refractivity contribution is 5.36. The Morgan fingerprint density at radius 2 is 2.06 bits per heavy atom. The lowest BCUT2D eigenvalue weighted by molar-refractivity contribution is 0.0110. The van der Waals surface area contributed by atoms with E-state index in [4.69, 9.17) is 0 Å². The molecule has 0 bridgehead atoms. The summed E-state index contributed by atoms with van der Waals surface area (Å²) < 4.78 is 27.3. The zero-order valence-electron chi connectivity index (χ0n) is 11.4. The molecule has 1 aliphatic rings. The molecule has 0 fully saturated rings. The number of rotatable bonds is 2. The van der Waals surface area contributed by atoms with Crippen molar-refractivity contribution in [1.29, 1.82) is 0 Å². The number of hydrogen-bond acceptors (Lipinski definition) is 2. The zero-order valence-corrected chi connectivity index (χ0v) is 11.4. The van der Waals surface area contributed by atoms with Crippen molar-refractivity contribution in [3.05, 3.63) is 28.6 Å². The Bertz CT molecular complexity index is 450. The van der Waals surface area contributed by atoms with Gasteiger partial charge in [-0.3, -0.25) is 0 Å². The fourth-order valence-corrected chi connectivity index (χ4v) is 2.40. The van der Waals surface area contributed by atoms with Gasteiger partial charge >= 0.3 is 0 Å². The van der Waals surface area contributed by atoms with Crippen LogP contribution in [0.5, 0.6) is 0 Å². The third-order valence-electron chi connectivity index (χ3n) is 3.44. The topological polar surface area (TPSA) is 16.1 Å². The Morgan fingerprint density at radius 3 is 2.61 bits per heavy atom. The Hall–Kier alpha value is -1.03. The van der Waals surface area contributed by atoms with Crippen LogP contribution in [0.3, 0.4) is 0 Å². The molecule has 0 spiro atoms. The summed E-state index contributed by atoms with van der Waals surface area (Å²) in [5, 5.41) is 0. The summed E-state index contributed by atoms with van der Waals surface area (Å²) >= 11 is 0. The van der Waals surface area contributed by atoms with E-state index in [1.165, 1.54) is 0 Å². The predicted octanol–water partition coefficient (Wildman–Crippen LogP) is 3.30. The maximum atomic E-state index is 13.7. The number of nitrogens with zero attached hydrogens (tertiary/aromatic N) is 2. The summed E-state index contributed by atoms with van der Waals surface area (Å²) in [7, 11) is 1.99. The molecule has 0 unspecified atom stereocenters. The molecular formula is C14H20F2N2. The van der Waals surface area contributed by atoms with E-state index in [0.717, 1.165) is 31.1 Å². The van der Waals surface area contributed by atoms with Crippen LogP contribution in [0.2, 0.25) is 0 Å². The largest absolute Gasteiger partial charge is 0.300 e. The third-order valence-corrected chi connectivity index (χ3v) is 3.44. The molecule has 0 radical (unpaired) electrons. The summed E-state index contributed by atoms with van der Waals surface area (Å²) in [4.78, 5) is 6.38. The van der Waals surface area contributed by atoms with Gasteiger partial charge in [-0.05, 0) is 30.5 Å². The first-order valence-corrected chi connectivity index (χ1v) is 6.38. The van der Waals surface area contributed by atoms with Crippen molar-refractivity contribution in [3.8, 4) is 0 Å². The van der Waals surface area contributed by atoms with Crippen LogP contribution in [0.25, 0.3) is 0 Å². The van der Waals surface area contributed by atoms with Gasteiger partial charge < -0.3 is 4.90 Å². The second-order valence-electron chi connectivity index (χ2n) is 5.56. The second-order valence-corrected chi connectivity index (χ2v) is 5.56. The summed E-state index contributed by atoms with van der Waals surface area (Å²) in [6, 6.07) is 1.94. The molecule has 0 atom stereocenters.